The summed E-state index contributed by atoms with van der Waals surface area (Å²) >= 11 is 0. The number of para-hydroxylation sites is 1. The first-order valence-electron chi connectivity index (χ1n) is 7.33. The molecule has 0 saturated heterocycles. The minimum Gasteiger partial charge on any atom is -0.325 e. The molecule has 0 saturated carbocycles. The zero-order valence-electron chi connectivity index (χ0n) is 12.8. The molecule has 0 spiro atoms. The molecule has 1 amide bonds. The van der Waals surface area contributed by atoms with Gasteiger partial charge in [0.2, 0.25) is 5.91 Å². The van der Waals surface area contributed by atoms with Gasteiger partial charge in [0, 0.05) is 5.69 Å². The lowest BCUT2D eigenvalue weighted by atomic mass is 9.94. The molecule has 1 heterocycles. The van der Waals surface area contributed by atoms with Gasteiger partial charge in [0.15, 0.2) is 0 Å². The predicted octanol–water partition coefficient (Wildman–Crippen LogP) is 3.77. The number of carbonyl (C=O) groups excluding carboxylic acids is 1. The summed E-state index contributed by atoms with van der Waals surface area (Å²) in [5.41, 5.74) is 11.7. The van der Waals surface area contributed by atoms with Gasteiger partial charge in [-0.3, -0.25) is 4.79 Å². The van der Waals surface area contributed by atoms with Crippen LogP contribution in [-0.2, 0) is 11.2 Å². The van der Waals surface area contributed by atoms with Gasteiger partial charge in [-0.25, -0.2) is 0 Å². The Hall–Kier alpha value is -1.84. The zero-order valence-corrected chi connectivity index (χ0v) is 13.6. The number of nitrogens with one attached hydrogen (secondary N) is 1. The van der Waals surface area contributed by atoms with Crippen molar-refractivity contribution in [2.24, 2.45) is 5.73 Å². The van der Waals surface area contributed by atoms with Crippen LogP contribution in [0, 0.1) is 0 Å². The number of nitrogens with two attached hydrogens (primary N) is 1. The molecule has 0 aromatic heterocycles. The van der Waals surface area contributed by atoms with Crippen LogP contribution in [0.25, 0.3) is 0 Å². The summed E-state index contributed by atoms with van der Waals surface area (Å²) in [6.45, 7) is 4.35. The van der Waals surface area contributed by atoms with Crippen molar-refractivity contribution in [1.29, 1.82) is 0 Å². The highest BCUT2D eigenvalue weighted by Crippen LogP contribution is 2.33. The Bertz CT molecular complexity index is 680. The van der Waals surface area contributed by atoms with Gasteiger partial charge in [0.05, 0.1) is 12.5 Å². The van der Waals surface area contributed by atoms with Crippen molar-refractivity contribution in [2.75, 3.05) is 5.32 Å². The molecule has 0 radical (unpaired) electrons. The number of hydrogen-bond acceptors (Lipinski definition) is 2. The minimum atomic E-state index is -0.223. The van der Waals surface area contributed by atoms with Crippen molar-refractivity contribution in [3.63, 3.8) is 0 Å². The van der Waals surface area contributed by atoms with Crippen LogP contribution in [0.5, 0.6) is 0 Å². The average Bonchev–Trinajstić information content (AvgIpc) is 2.86. The summed E-state index contributed by atoms with van der Waals surface area (Å²) < 4.78 is 0. The van der Waals surface area contributed by atoms with Crippen molar-refractivity contribution < 1.29 is 4.79 Å². The first-order chi connectivity index (χ1) is 10.1. The topological polar surface area (TPSA) is 55.1 Å². The van der Waals surface area contributed by atoms with Gasteiger partial charge in [0.25, 0.3) is 0 Å². The monoisotopic (exact) mass is 316 g/mol. The Labute approximate surface area is 137 Å². The second-order valence-electron chi connectivity index (χ2n) is 5.91. The summed E-state index contributed by atoms with van der Waals surface area (Å²) in [6.07, 6.45) is 0.447. The minimum absolute atomic E-state index is 0. The molecule has 1 unspecified atom stereocenters. The van der Waals surface area contributed by atoms with Crippen LogP contribution in [0.3, 0.4) is 0 Å². The van der Waals surface area contributed by atoms with Crippen LogP contribution < -0.4 is 11.1 Å². The molecule has 1 aliphatic rings. The standard InChI is InChI=1S/C18H20N2O.ClH/c1-11(2)12-6-8-13(9-7-12)17(19)15-5-3-4-14-10-16(21)20-18(14)15;/h3-9,11,17H,10,19H2,1-2H3,(H,20,21);1H. The lowest BCUT2D eigenvalue weighted by Crippen LogP contribution is -2.14. The fraction of sp³-hybridized carbons (Fsp3) is 0.278. The number of rotatable bonds is 3. The first kappa shape index (κ1) is 16.5. The zero-order chi connectivity index (χ0) is 15.0. The molecule has 3 N–H and O–H groups in total. The van der Waals surface area contributed by atoms with Gasteiger partial charge in [-0.15, -0.1) is 12.4 Å². The maximum absolute atomic E-state index is 11.6. The Morgan fingerprint density at radius 3 is 2.32 bits per heavy atom. The molecular weight excluding hydrogens is 296 g/mol. The van der Waals surface area contributed by atoms with Crippen LogP contribution in [0.2, 0.25) is 0 Å². The van der Waals surface area contributed by atoms with Gasteiger partial charge < -0.3 is 11.1 Å². The number of fused-ring (bicyclic) bond motifs is 1. The summed E-state index contributed by atoms with van der Waals surface area (Å²) in [6, 6.07) is 14.1. The second-order valence-corrected chi connectivity index (χ2v) is 5.91. The van der Waals surface area contributed by atoms with Crippen molar-refractivity contribution >= 4 is 24.0 Å². The van der Waals surface area contributed by atoms with E-state index in [1.165, 1.54) is 5.56 Å². The number of hydrogen-bond donors (Lipinski definition) is 2. The third-order valence-electron chi connectivity index (χ3n) is 4.10. The summed E-state index contributed by atoms with van der Waals surface area (Å²) in [7, 11) is 0. The van der Waals surface area contributed by atoms with Crippen LogP contribution in [0.1, 0.15) is 48.1 Å². The third-order valence-corrected chi connectivity index (χ3v) is 4.10. The smallest absolute Gasteiger partial charge is 0.228 e. The maximum Gasteiger partial charge on any atom is 0.228 e. The summed E-state index contributed by atoms with van der Waals surface area (Å²) in [5.74, 6) is 0.551. The van der Waals surface area contributed by atoms with E-state index in [9.17, 15) is 4.79 Å². The van der Waals surface area contributed by atoms with Gasteiger partial charge in [0.1, 0.15) is 0 Å². The Balaban J connectivity index is 0.00000176. The van der Waals surface area contributed by atoms with Gasteiger partial charge >= 0.3 is 0 Å². The first-order valence-corrected chi connectivity index (χ1v) is 7.33. The molecule has 2 aromatic carbocycles. The number of benzene rings is 2. The summed E-state index contributed by atoms with van der Waals surface area (Å²) in [4.78, 5) is 11.6. The highest BCUT2D eigenvalue weighted by Gasteiger charge is 2.23. The van der Waals surface area contributed by atoms with Crippen LogP contribution in [0.15, 0.2) is 42.5 Å². The second kappa shape index (κ2) is 6.51. The van der Waals surface area contributed by atoms with E-state index in [2.05, 4.69) is 43.4 Å². The van der Waals surface area contributed by atoms with Gasteiger partial charge in [-0.1, -0.05) is 56.3 Å². The molecule has 3 nitrogen and oxygen atoms in total. The fourth-order valence-electron chi connectivity index (χ4n) is 2.80. The van der Waals surface area contributed by atoms with Crippen molar-refractivity contribution in [3.8, 4) is 0 Å². The molecule has 0 bridgehead atoms. The fourth-order valence-corrected chi connectivity index (χ4v) is 2.80. The molecular formula is C18H21ClN2O. The predicted molar refractivity (Wildman–Crippen MR) is 92.6 cm³/mol. The molecule has 0 aliphatic carbocycles. The number of carbonyl (C=O) groups is 1. The lowest BCUT2D eigenvalue weighted by Gasteiger charge is -2.17. The largest absolute Gasteiger partial charge is 0.325 e. The molecule has 4 heteroatoms. The van der Waals surface area contributed by atoms with Crippen LogP contribution in [0.4, 0.5) is 5.69 Å². The van der Waals surface area contributed by atoms with Crippen molar-refractivity contribution in [3.05, 3.63) is 64.7 Å². The van der Waals surface area contributed by atoms with E-state index < -0.39 is 0 Å². The van der Waals surface area contributed by atoms with E-state index in [1.807, 2.05) is 18.2 Å². The van der Waals surface area contributed by atoms with E-state index in [-0.39, 0.29) is 24.4 Å². The number of amides is 1. The molecule has 1 atom stereocenters. The number of halogens is 1. The Morgan fingerprint density at radius 2 is 1.68 bits per heavy atom. The molecule has 0 fully saturated rings. The van der Waals surface area contributed by atoms with Gasteiger partial charge in [-0.05, 0) is 28.2 Å². The van der Waals surface area contributed by atoms with E-state index in [0.29, 0.717) is 12.3 Å². The highest BCUT2D eigenvalue weighted by molar-refractivity contribution is 6.00. The number of anilines is 1. The van der Waals surface area contributed by atoms with E-state index in [4.69, 9.17) is 5.73 Å². The van der Waals surface area contributed by atoms with E-state index >= 15 is 0 Å². The van der Waals surface area contributed by atoms with Crippen molar-refractivity contribution in [1.82, 2.24) is 0 Å². The SMILES string of the molecule is CC(C)c1ccc(C(N)c2cccc3c2NC(=O)C3)cc1.Cl. The average molecular weight is 317 g/mol. The molecule has 1 aliphatic heterocycles. The maximum atomic E-state index is 11.6. The lowest BCUT2D eigenvalue weighted by molar-refractivity contribution is -0.115. The molecule has 22 heavy (non-hydrogen) atoms. The third kappa shape index (κ3) is 3.01. The van der Waals surface area contributed by atoms with Gasteiger partial charge in [-0.2, -0.15) is 0 Å². The molecule has 116 valence electrons. The van der Waals surface area contributed by atoms with Crippen molar-refractivity contribution in [2.45, 2.75) is 32.2 Å². The Kier molecular flexibility index (Phi) is 4.89. The van der Waals surface area contributed by atoms with Crippen LogP contribution in [-0.4, -0.2) is 5.91 Å². The molecule has 3 rings (SSSR count). The van der Waals surface area contributed by atoms with Crippen LogP contribution >= 0.6 is 12.4 Å². The molecule has 2 aromatic rings. The summed E-state index contributed by atoms with van der Waals surface area (Å²) in [5, 5.41) is 2.93. The highest BCUT2D eigenvalue weighted by atomic mass is 35.5. The normalized spacial score (nSPS) is 14.3. The van der Waals surface area contributed by atoms with E-state index in [1.54, 1.807) is 0 Å². The van der Waals surface area contributed by atoms with E-state index in [0.717, 1.165) is 22.4 Å². The Morgan fingerprint density at radius 1 is 1.05 bits per heavy atom. The quantitative estimate of drug-likeness (QED) is 0.905.